The van der Waals surface area contributed by atoms with Crippen LogP contribution in [0.3, 0.4) is 0 Å². The molecule has 0 saturated carbocycles. The highest BCUT2D eigenvalue weighted by molar-refractivity contribution is 5.78. The number of rotatable bonds is 4. The molecule has 1 amide bonds. The van der Waals surface area contributed by atoms with Crippen LogP contribution in [0.1, 0.15) is 24.4 Å². The molecule has 6 heteroatoms. The van der Waals surface area contributed by atoms with E-state index in [1.165, 1.54) is 12.0 Å². The van der Waals surface area contributed by atoms with Gasteiger partial charge in [0, 0.05) is 31.7 Å². The van der Waals surface area contributed by atoms with E-state index < -0.39 is 23.7 Å². The van der Waals surface area contributed by atoms with Crippen molar-refractivity contribution in [3.63, 3.8) is 0 Å². The molecule has 1 heterocycles. The van der Waals surface area contributed by atoms with Crippen LogP contribution in [0.5, 0.6) is 0 Å². The van der Waals surface area contributed by atoms with Crippen LogP contribution in [0.15, 0.2) is 18.2 Å². The summed E-state index contributed by atoms with van der Waals surface area (Å²) in [6, 6.07) is 2.15. The van der Waals surface area contributed by atoms with Gasteiger partial charge in [-0.1, -0.05) is 0 Å². The molecule has 0 bridgehead atoms. The summed E-state index contributed by atoms with van der Waals surface area (Å²) in [6.07, 6.45) is 0.779. The first kappa shape index (κ1) is 14.9. The lowest BCUT2D eigenvalue weighted by atomic mass is 9.90. The lowest BCUT2D eigenvalue weighted by Gasteiger charge is -2.40. The quantitative estimate of drug-likeness (QED) is 0.913. The number of benzene rings is 1. The first-order valence-electron chi connectivity index (χ1n) is 6.53. The van der Waals surface area contributed by atoms with Crippen LogP contribution in [0.4, 0.5) is 8.78 Å². The van der Waals surface area contributed by atoms with Crippen molar-refractivity contribution in [1.82, 2.24) is 4.90 Å². The fourth-order valence-corrected chi connectivity index (χ4v) is 2.57. The minimum atomic E-state index is -0.651. The minimum absolute atomic E-state index is 0.114. The van der Waals surface area contributed by atoms with Crippen LogP contribution in [-0.4, -0.2) is 37.1 Å². The van der Waals surface area contributed by atoms with Gasteiger partial charge in [0.25, 0.3) is 0 Å². The van der Waals surface area contributed by atoms with Gasteiger partial charge in [0.1, 0.15) is 11.6 Å². The van der Waals surface area contributed by atoms with E-state index in [1.54, 1.807) is 0 Å². The second-order valence-corrected chi connectivity index (χ2v) is 4.89. The Balaban J connectivity index is 2.36. The number of likely N-dealkylation sites (tertiary alicyclic amines) is 1. The number of piperidine rings is 1. The molecule has 1 aliphatic rings. The molecule has 20 heavy (non-hydrogen) atoms. The van der Waals surface area contributed by atoms with Gasteiger partial charge in [0.2, 0.25) is 5.91 Å². The van der Waals surface area contributed by atoms with Crippen molar-refractivity contribution < 1.29 is 18.3 Å². The molecule has 0 aromatic heterocycles. The number of carbonyl (C=O) groups is 1. The maximum absolute atomic E-state index is 14.0. The average Bonchev–Trinajstić information content (AvgIpc) is 2.42. The van der Waals surface area contributed by atoms with Crippen molar-refractivity contribution in [2.24, 2.45) is 5.73 Å². The van der Waals surface area contributed by atoms with Crippen molar-refractivity contribution in [2.45, 2.75) is 24.9 Å². The molecule has 1 aromatic carbocycles. The van der Waals surface area contributed by atoms with Gasteiger partial charge < -0.3 is 15.4 Å². The summed E-state index contributed by atoms with van der Waals surface area (Å²) >= 11 is 0. The third-order valence-electron chi connectivity index (χ3n) is 3.57. The van der Waals surface area contributed by atoms with Gasteiger partial charge in [-0.25, -0.2) is 8.78 Å². The van der Waals surface area contributed by atoms with E-state index in [0.717, 1.165) is 18.2 Å². The first-order valence-corrected chi connectivity index (χ1v) is 6.53. The molecule has 4 nitrogen and oxygen atoms in total. The third kappa shape index (κ3) is 2.96. The van der Waals surface area contributed by atoms with E-state index in [-0.39, 0.29) is 11.5 Å². The van der Waals surface area contributed by atoms with Crippen LogP contribution in [0.2, 0.25) is 0 Å². The normalized spacial score (nSPS) is 23.2. The van der Waals surface area contributed by atoms with Gasteiger partial charge in [-0.15, -0.1) is 0 Å². The zero-order chi connectivity index (χ0) is 14.7. The number of hydrogen-bond donors (Lipinski definition) is 1. The van der Waals surface area contributed by atoms with Crippen molar-refractivity contribution in [3.05, 3.63) is 35.4 Å². The Morgan fingerprint density at radius 2 is 2.20 bits per heavy atom. The number of nitrogens with two attached hydrogens (primary N) is 1. The molecule has 2 N–H and O–H groups in total. The van der Waals surface area contributed by atoms with Crippen molar-refractivity contribution in [2.75, 3.05) is 20.3 Å². The van der Waals surface area contributed by atoms with E-state index in [4.69, 9.17) is 10.5 Å². The summed E-state index contributed by atoms with van der Waals surface area (Å²) in [5.41, 5.74) is 6.16. The lowest BCUT2D eigenvalue weighted by molar-refractivity contribution is -0.138. The number of halogens is 2. The summed E-state index contributed by atoms with van der Waals surface area (Å²) in [7, 11) is 1.52. The number of carbonyl (C=O) groups excluding carboxylic acids is 1. The standard InChI is InChI=1S/C14H18F2N2O2/c1-20-7-6-18-13(19)5-4-12(17)14(18)10-8-9(15)2-3-11(10)16/h2-3,8,12,14H,4-7,17H2,1H3. The molecule has 2 unspecified atom stereocenters. The molecule has 1 aliphatic heterocycles. The maximum Gasteiger partial charge on any atom is 0.223 e. The zero-order valence-corrected chi connectivity index (χ0v) is 11.3. The number of methoxy groups -OCH3 is 1. The van der Waals surface area contributed by atoms with Crippen LogP contribution >= 0.6 is 0 Å². The summed E-state index contributed by atoms with van der Waals surface area (Å²) in [5.74, 6) is -1.21. The lowest BCUT2D eigenvalue weighted by Crippen LogP contribution is -2.50. The van der Waals surface area contributed by atoms with Gasteiger partial charge in [0.15, 0.2) is 0 Å². The zero-order valence-electron chi connectivity index (χ0n) is 11.3. The number of ether oxygens (including phenoxy) is 1. The number of hydrogen-bond acceptors (Lipinski definition) is 3. The molecule has 2 atom stereocenters. The second-order valence-electron chi connectivity index (χ2n) is 4.89. The average molecular weight is 284 g/mol. The summed E-state index contributed by atoms with van der Waals surface area (Å²) in [5, 5.41) is 0. The molecular weight excluding hydrogens is 266 g/mol. The van der Waals surface area contributed by atoms with E-state index in [9.17, 15) is 13.6 Å². The predicted molar refractivity (Wildman–Crippen MR) is 69.9 cm³/mol. The molecular formula is C14H18F2N2O2. The monoisotopic (exact) mass is 284 g/mol. The Kier molecular flexibility index (Phi) is 4.67. The fourth-order valence-electron chi connectivity index (χ4n) is 2.57. The number of amides is 1. The maximum atomic E-state index is 14.0. The summed E-state index contributed by atoms with van der Waals surface area (Å²) in [6.45, 7) is 0.634. The molecule has 2 rings (SSSR count). The smallest absolute Gasteiger partial charge is 0.223 e. The Morgan fingerprint density at radius 3 is 2.90 bits per heavy atom. The van der Waals surface area contributed by atoms with Crippen molar-refractivity contribution >= 4 is 5.91 Å². The predicted octanol–water partition coefficient (Wildman–Crippen LogP) is 1.60. The largest absolute Gasteiger partial charge is 0.383 e. The summed E-state index contributed by atoms with van der Waals surface area (Å²) in [4.78, 5) is 13.5. The molecule has 0 radical (unpaired) electrons. The van der Waals surface area contributed by atoms with E-state index >= 15 is 0 Å². The van der Waals surface area contributed by atoms with Crippen LogP contribution in [-0.2, 0) is 9.53 Å². The third-order valence-corrected chi connectivity index (χ3v) is 3.57. The Labute approximate surface area is 116 Å². The highest BCUT2D eigenvalue weighted by Gasteiger charge is 2.36. The molecule has 1 aromatic rings. The number of nitrogens with zero attached hydrogens (tertiary/aromatic N) is 1. The van der Waals surface area contributed by atoms with Gasteiger partial charge in [-0.3, -0.25) is 4.79 Å². The topological polar surface area (TPSA) is 55.6 Å². The highest BCUT2D eigenvalue weighted by Crippen LogP contribution is 2.32. The van der Waals surface area contributed by atoms with Gasteiger partial charge >= 0.3 is 0 Å². The molecule has 0 spiro atoms. The van der Waals surface area contributed by atoms with Gasteiger partial charge in [-0.2, -0.15) is 0 Å². The van der Waals surface area contributed by atoms with Crippen LogP contribution < -0.4 is 5.73 Å². The van der Waals surface area contributed by atoms with E-state index in [2.05, 4.69) is 0 Å². The fraction of sp³-hybridized carbons (Fsp3) is 0.500. The van der Waals surface area contributed by atoms with Crippen molar-refractivity contribution in [1.29, 1.82) is 0 Å². The molecule has 1 fully saturated rings. The summed E-state index contributed by atoms with van der Waals surface area (Å²) < 4.78 is 32.3. The SMILES string of the molecule is COCCN1C(=O)CCC(N)C1c1cc(F)ccc1F. The minimum Gasteiger partial charge on any atom is -0.383 e. The Bertz CT molecular complexity index is 496. The van der Waals surface area contributed by atoms with Crippen molar-refractivity contribution in [3.8, 4) is 0 Å². The molecule has 1 saturated heterocycles. The van der Waals surface area contributed by atoms with Gasteiger partial charge in [-0.05, 0) is 24.6 Å². The highest BCUT2D eigenvalue weighted by atomic mass is 19.1. The van der Waals surface area contributed by atoms with Crippen LogP contribution in [0, 0.1) is 11.6 Å². The van der Waals surface area contributed by atoms with Gasteiger partial charge in [0.05, 0.1) is 12.6 Å². The van der Waals surface area contributed by atoms with E-state index in [0.29, 0.717) is 26.0 Å². The Morgan fingerprint density at radius 1 is 1.45 bits per heavy atom. The first-order chi connectivity index (χ1) is 9.54. The van der Waals surface area contributed by atoms with Crippen LogP contribution in [0.25, 0.3) is 0 Å². The molecule has 110 valence electrons. The molecule has 0 aliphatic carbocycles. The van der Waals surface area contributed by atoms with E-state index in [1.807, 2.05) is 0 Å². The second kappa shape index (κ2) is 6.28. The Hall–Kier alpha value is -1.53.